The monoisotopic (exact) mass is 320 g/mol. The Bertz CT molecular complexity index is 659. The van der Waals surface area contributed by atoms with Crippen molar-refractivity contribution >= 4 is 17.3 Å². The molecule has 0 aliphatic rings. The molecule has 4 nitrogen and oxygen atoms in total. The molecule has 2 rings (SSSR count). The largest absolute Gasteiger partial charge is 0.352 e. The summed E-state index contributed by atoms with van der Waals surface area (Å²) in [5.41, 5.74) is 2.74. The lowest BCUT2D eigenvalue weighted by molar-refractivity contribution is 0.617. The topological polar surface area (TPSA) is 49.3 Å². The summed E-state index contributed by atoms with van der Waals surface area (Å²) in [7, 11) is 1.73. The van der Waals surface area contributed by atoms with E-state index in [0.29, 0.717) is 24.6 Å². The first kappa shape index (κ1) is 16.4. The predicted molar refractivity (Wildman–Crippen MR) is 89.8 cm³/mol. The molecule has 0 aliphatic heterocycles. The van der Waals surface area contributed by atoms with E-state index in [1.165, 1.54) is 10.9 Å². The van der Waals surface area contributed by atoms with Crippen molar-refractivity contribution in [1.82, 2.24) is 15.6 Å². The van der Waals surface area contributed by atoms with E-state index in [2.05, 4.69) is 27.5 Å². The van der Waals surface area contributed by atoms with Crippen molar-refractivity contribution in [1.29, 1.82) is 0 Å². The van der Waals surface area contributed by atoms with Crippen LogP contribution in [0.2, 0.25) is 0 Å². The molecule has 0 radical (unpaired) electrons. The molecule has 2 N–H and O–H groups in total. The van der Waals surface area contributed by atoms with Gasteiger partial charge in [0, 0.05) is 18.5 Å². The van der Waals surface area contributed by atoms with Crippen molar-refractivity contribution in [2.75, 3.05) is 7.05 Å². The van der Waals surface area contributed by atoms with Gasteiger partial charge in [-0.15, -0.1) is 11.3 Å². The molecule has 0 saturated carbocycles. The first-order valence-corrected chi connectivity index (χ1v) is 7.93. The molecule has 1 heterocycles. The summed E-state index contributed by atoms with van der Waals surface area (Å²) in [6.45, 7) is 7.08. The summed E-state index contributed by atoms with van der Waals surface area (Å²) < 4.78 is 13.2. The van der Waals surface area contributed by atoms with E-state index in [1.807, 2.05) is 13.0 Å². The minimum absolute atomic E-state index is 0.180. The zero-order valence-electron chi connectivity index (χ0n) is 13.3. The number of hydrogen-bond acceptors (Lipinski definition) is 3. The number of nitrogens with zero attached hydrogens (tertiary/aromatic N) is 2. The van der Waals surface area contributed by atoms with Crippen molar-refractivity contribution in [3.8, 4) is 0 Å². The predicted octanol–water partition coefficient (Wildman–Crippen LogP) is 3.07. The fraction of sp³-hybridized carbons (Fsp3) is 0.375. The summed E-state index contributed by atoms with van der Waals surface area (Å²) in [4.78, 5) is 9.91. The summed E-state index contributed by atoms with van der Waals surface area (Å²) in [5, 5.41) is 7.49. The zero-order chi connectivity index (χ0) is 16.1. The highest BCUT2D eigenvalue weighted by molar-refractivity contribution is 7.11. The van der Waals surface area contributed by atoms with Crippen LogP contribution >= 0.6 is 11.3 Å². The van der Waals surface area contributed by atoms with Gasteiger partial charge in [-0.1, -0.05) is 12.1 Å². The van der Waals surface area contributed by atoms with E-state index in [4.69, 9.17) is 0 Å². The molecule has 0 amide bonds. The highest BCUT2D eigenvalue weighted by Gasteiger charge is 2.05. The van der Waals surface area contributed by atoms with Crippen LogP contribution in [0, 0.1) is 26.6 Å². The molecule has 0 atom stereocenters. The van der Waals surface area contributed by atoms with E-state index in [9.17, 15) is 4.39 Å². The molecule has 0 fully saturated rings. The number of aryl methyl sites for hydroxylation is 3. The third-order valence-corrected chi connectivity index (χ3v) is 4.46. The van der Waals surface area contributed by atoms with Gasteiger partial charge in [0.2, 0.25) is 0 Å². The van der Waals surface area contributed by atoms with Gasteiger partial charge in [-0.25, -0.2) is 9.37 Å². The lowest BCUT2D eigenvalue weighted by Gasteiger charge is -2.11. The second-order valence-electron chi connectivity index (χ2n) is 5.11. The zero-order valence-corrected chi connectivity index (χ0v) is 14.1. The number of guanidine groups is 1. The van der Waals surface area contributed by atoms with Gasteiger partial charge >= 0.3 is 0 Å². The van der Waals surface area contributed by atoms with Crippen molar-refractivity contribution in [3.63, 3.8) is 0 Å². The molecule has 0 spiro atoms. The number of hydrogen-bond donors (Lipinski definition) is 2. The van der Waals surface area contributed by atoms with Crippen LogP contribution in [0.3, 0.4) is 0 Å². The number of halogens is 1. The number of nitrogens with one attached hydrogen (secondary N) is 2. The van der Waals surface area contributed by atoms with Crippen LogP contribution < -0.4 is 10.6 Å². The molecule has 6 heteroatoms. The molecular weight excluding hydrogens is 299 g/mol. The molecule has 0 aliphatic carbocycles. The Hall–Kier alpha value is -1.95. The first-order chi connectivity index (χ1) is 10.5. The van der Waals surface area contributed by atoms with Gasteiger partial charge in [-0.05, 0) is 38.0 Å². The number of benzene rings is 1. The maximum Gasteiger partial charge on any atom is 0.191 e. The minimum atomic E-state index is -0.180. The number of thiazole rings is 1. The van der Waals surface area contributed by atoms with E-state index in [-0.39, 0.29) is 5.82 Å². The highest BCUT2D eigenvalue weighted by atomic mass is 32.1. The lowest BCUT2D eigenvalue weighted by Crippen LogP contribution is -2.36. The SMILES string of the molecule is CN=C(NCc1ccc(F)c(C)c1)NCc1nc(C)c(C)s1. The average molecular weight is 320 g/mol. The van der Waals surface area contributed by atoms with Gasteiger partial charge in [-0.3, -0.25) is 4.99 Å². The maximum atomic E-state index is 13.2. The Kier molecular flexibility index (Phi) is 5.49. The van der Waals surface area contributed by atoms with Crippen LogP contribution in [-0.2, 0) is 13.1 Å². The van der Waals surface area contributed by atoms with Gasteiger partial charge in [0.1, 0.15) is 10.8 Å². The highest BCUT2D eigenvalue weighted by Crippen LogP contribution is 2.15. The van der Waals surface area contributed by atoms with Crippen molar-refractivity contribution in [2.24, 2.45) is 4.99 Å². The Morgan fingerprint density at radius 2 is 1.95 bits per heavy atom. The quantitative estimate of drug-likeness (QED) is 0.672. The fourth-order valence-electron chi connectivity index (χ4n) is 2.00. The third-order valence-electron chi connectivity index (χ3n) is 3.39. The minimum Gasteiger partial charge on any atom is -0.352 e. The standard InChI is InChI=1S/C16H21FN4S/c1-10-7-13(5-6-14(10)17)8-19-16(18-4)20-9-15-21-11(2)12(3)22-15/h5-7H,8-9H2,1-4H3,(H2,18,19,20). The van der Waals surface area contributed by atoms with Gasteiger partial charge in [-0.2, -0.15) is 0 Å². The molecular formula is C16H21FN4S. The summed E-state index contributed by atoms with van der Waals surface area (Å²) >= 11 is 1.69. The van der Waals surface area contributed by atoms with Crippen LogP contribution in [-0.4, -0.2) is 18.0 Å². The molecule has 2 aromatic rings. The second kappa shape index (κ2) is 7.35. The van der Waals surface area contributed by atoms with E-state index < -0.39 is 0 Å². The maximum absolute atomic E-state index is 13.2. The Labute approximate surface area is 134 Å². The van der Waals surface area contributed by atoms with Gasteiger partial charge in [0.25, 0.3) is 0 Å². The molecule has 1 aromatic carbocycles. The second-order valence-corrected chi connectivity index (χ2v) is 6.40. The Morgan fingerprint density at radius 1 is 1.23 bits per heavy atom. The normalized spacial score (nSPS) is 11.6. The smallest absolute Gasteiger partial charge is 0.191 e. The number of aromatic nitrogens is 1. The molecule has 1 aromatic heterocycles. The average Bonchev–Trinajstić information content (AvgIpc) is 2.81. The molecule has 0 bridgehead atoms. The first-order valence-electron chi connectivity index (χ1n) is 7.12. The summed E-state index contributed by atoms with van der Waals surface area (Å²) in [6.07, 6.45) is 0. The van der Waals surface area contributed by atoms with Crippen LogP contribution in [0.1, 0.15) is 26.7 Å². The van der Waals surface area contributed by atoms with Gasteiger partial charge in [0.05, 0.1) is 12.2 Å². The number of aliphatic imine (C=N–C) groups is 1. The fourth-order valence-corrected chi connectivity index (χ4v) is 2.87. The molecule has 118 valence electrons. The van der Waals surface area contributed by atoms with Crippen LogP contribution in [0.25, 0.3) is 0 Å². The Balaban J connectivity index is 1.88. The lowest BCUT2D eigenvalue weighted by atomic mass is 10.1. The van der Waals surface area contributed by atoms with Crippen molar-refractivity contribution in [3.05, 3.63) is 50.7 Å². The van der Waals surface area contributed by atoms with E-state index >= 15 is 0 Å². The molecule has 0 unspecified atom stereocenters. The Morgan fingerprint density at radius 3 is 2.55 bits per heavy atom. The van der Waals surface area contributed by atoms with Crippen LogP contribution in [0.5, 0.6) is 0 Å². The molecule has 0 saturated heterocycles. The van der Waals surface area contributed by atoms with Gasteiger partial charge in [0.15, 0.2) is 5.96 Å². The van der Waals surface area contributed by atoms with Crippen molar-refractivity contribution in [2.45, 2.75) is 33.9 Å². The number of rotatable bonds is 4. The van der Waals surface area contributed by atoms with Crippen molar-refractivity contribution < 1.29 is 4.39 Å². The molecule has 22 heavy (non-hydrogen) atoms. The summed E-state index contributed by atoms with van der Waals surface area (Å²) in [6, 6.07) is 5.10. The van der Waals surface area contributed by atoms with Crippen LogP contribution in [0.15, 0.2) is 23.2 Å². The van der Waals surface area contributed by atoms with E-state index in [1.54, 1.807) is 31.4 Å². The summed E-state index contributed by atoms with van der Waals surface area (Å²) in [5.74, 6) is 0.522. The third kappa shape index (κ3) is 4.27. The van der Waals surface area contributed by atoms with Crippen LogP contribution in [0.4, 0.5) is 4.39 Å². The van der Waals surface area contributed by atoms with Gasteiger partial charge < -0.3 is 10.6 Å². The van der Waals surface area contributed by atoms with E-state index in [0.717, 1.165) is 16.3 Å².